The Bertz CT molecular complexity index is 3000. The zero-order valence-corrected chi connectivity index (χ0v) is 25.3. The van der Waals surface area contributed by atoms with Gasteiger partial charge < -0.3 is 9.13 Å². The van der Waals surface area contributed by atoms with Crippen molar-refractivity contribution in [3.8, 4) is 35.7 Å². The van der Waals surface area contributed by atoms with Gasteiger partial charge in [0.25, 0.3) is 0 Å². The monoisotopic (exact) mass is 614 g/mol. The van der Waals surface area contributed by atoms with Gasteiger partial charge in [-0.05, 0) is 42.5 Å². The third-order valence-electron chi connectivity index (χ3n) is 9.09. The molecule has 0 aliphatic heterocycles. The van der Waals surface area contributed by atoms with Crippen LogP contribution in [0.4, 0.5) is 0 Å². The summed E-state index contributed by atoms with van der Waals surface area (Å²) in [5.74, 6) is 0. The summed E-state index contributed by atoms with van der Waals surface area (Å²) in [6.07, 6.45) is 0. The van der Waals surface area contributed by atoms with Crippen molar-refractivity contribution >= 4 is 75.1 Å². The first-order valence-corrected chi connectivity index (χ1v) is 15.7. The maximum absolute atomic E-state index is 10.3. The van der Waals surface area contributed by atoms with E-state index in [-0.39, 0.29) is 22.3 Å². The first kappa shape index (κ1) is 26.5. The minimum absolute atomic E-state index is 0.0594. The Hall–Kier alpha value is -6.90. The third-order valence-corrected chi connectivity index (χ3v) is 10.4. The zero-order valence-electron chi connectivity index (χ0n) is 24.5. The molecule has 214 valence electrons. The van der Waals surface area contributed by atoms with E-state index in [4.69, 9.17) is 0 Å². The van der Waals surface area contributed by atoms with E-state index in [1.165, 1.54) is 20.9 Å². The fourth-order valence-electron chi connectivity index (χ4n) is 7.18. The van der Waals surface area contributed by atoms with E-state index in [0.717, 1.165) is 48.6 Å². The SMILES string of the molecule is N#Cc1cc(-n2c3ccccc3c3c4sc5c(ccc6c5c5ccccc5n6-c5ccccc5)c4ccc32)c(C#N)c(C#N)c1C#N. The lowest BCUT2D eigenvalue weighted by atomic mass is 9.96. The van der Waals surface area contributed by atoms with Gasteiger partial charge in [-0.15, -0.1) is 11.3 Å². The van der Waals surface area contributed by atoms with Gasteiger partial charge in [0.05, 0.1) is 50.0 Å². The van der Waals surface area contributed by atoms with Gasteiger partial charge >= 0.3 is 0 Å². The molecule has 0 fully saturated rings. The molecule has 0 radical (unpaired) electrons. The number of para-hydroxylation sites is 3. The number of nitriles is 4. The highest BCUT2D eigenvalue weighted by atomic mass is 32.1. The lowest BCUT2D eigenvalue weighted by molar-refractivity contribution is 1.16. The molecule has 0 saturated heterocycles. The Labute approximate surface area is 271 Å². The highest BCUT2D eigenvalue weighted by molar-refractivity contribution is 7.27. The molecule has 0 saturated carbocycles. The van der Waals surface area contributed by atoms with Crippen molar-refractivity contribution in [2.45, 2.75) is 0 Å². The molecule has 0 bridgehead atoms. The minimum Gasteiger partial charge on any atom is -0.309 e. The summed E-state index contributed by atoms with van der Waals surface area (Å²) in [6, 6.07) is 45.3. The van der Waals surface area contributed by atoms with E-state index in [0.29, 0.717) is 5.69 Å². The van der Waals surface area contributed by atoms with Gasteiger partial charge in [-0.3, -0.25) is 0 Å². The maximum Gasteiger partial charge on any atom is 0.103 e. The third kappa shape index (κ3) is 3.44. The van der Waals surface area contributed by atoms with Crippen LogP contribution in [0, 0.1) is 45.3 Å². The normalized spacial score (nSPS) is 11.3. The topological polar surface area (TPSA) is 105 Å². The van der Waals surface area contributed by atoms with Crippen LogP contribution < -0.4 is 0 Å². The molecule has 9 aromatic rings. The molecule has 9 rings (SSSR count). The minimum atomic E-state index is -0.0879. The number of rotatable bonds is 2. The van der Waals surface area contributed by atoms with Crippen LogP contribution in [0.3, 0.4) is 0 Å². The quantitative estimate of drug-likeness (QED) is 0.193. The molecular weight excluding hydrogens is 597 g/mol. The van der Waals surface area contributed by atoms with Crippen molar-refractivity contribution in [2.75, 3.05) is 0 Å². The molecule has 0 unspecified atom stereocenters. The smallest absolute Gasteiger partial charge is 0.103 e. The molecule has 0 amide bonds. The Morgan fingerprint density at radius 2 is 0.979 bits per heavy atom. The summed E-state index contributed by atoms with van der Waals surface area (Å²) in [5.41, 5.74) is 5.44. The predicted molar refractivity (Wildman–Crippen MR) is 187 cm³/mol. The van der Waals surface area contributed by atoms with Gasteiger partial charge in [-0.2, -0.15) is 21.0 Å². The average molecular weight is 615 g/mol. The fourth-order valence-corrected chi connectivity index (χ4v) is 8.60. The van der Waals surface area contributed by atoms with Crippen molar-refractivity contribution in [3.63, 3.8) is 0 Å². The fraction of sp³-hybridized carbons (Fsp3) is 0. The standard InChI is InChI=1S/C40H18N6S/c41-19-23-18-36(31(22-44)30(21-43)29(23)20-42)46-33-13-7-5-11-28(33)38-35(46)17-15-26-25-14-16-34-37(39(25)47-40(26)38)27-10-4-6-12-32(27)45(34)24-8-2-1-3-9-24/h1-18H. The van der Waals surface area contributed by atoms with Gasteiger partial charge in [0.1, 0.15) is 24.3 Å². The molecule has 0 aliphatic carbocycles. The Morgan fingerprint density at radius 3 is 1.55 bits per heavy atom. The van der Waals surface area contributed by atoms with Gasteiger partial charge in [-0.1, -0.05) is 66.7 Å². The molecule has 3 aromatic heterocycles. The number of benzene rings is 6. The number of hydrogen-bond donors (Lipinski definition) is 0. The molecule has 6 nitrogen and oxygen atoms in total. The van der Waals surface area contributed by atoms with E-state index in [2.05, 4.69) is 95.6 Å². The molecule has 6 aromatic carbocycles. The van der Waals surface area contributed by atoms with Crippen LogP contribution in [0.2, 0.25) is 0 Å². The van der Waals surface area contributed by atoms with Crippen LogP contribution in [0.15, 0.2) is 109 Å². The van der Waals surface area contributed by atoms with Crippen LogP contribution >= 0.6 is 11.3 Å². The predicted octanol–water partition coefficient (Wildman–Crippen LogP) is 9.74. The maximum atomic E-state index is 10.3. The van der Waals surface area contributed by atoms with Gasteiger partial charge in [0.15, 0.2) is 0 Å². The molecule has 7 heteroatoms. The molecule has 47 heavy (non-hydrogen) atoms. The van der Waals surface area contributed by atoms with Crippen molar-refractivity contribution in [3.05, 3.63) is 131 Å². The van der Waals surface area contributed by atoms with Crippen LogP contribution in [0.25, 0.3) is 75.2 Å². The van der Waals surface area contributed by atoms with Crippen molar-refractivity contribution in [2.24, 2.45) is 0 Å². The van der Waals surface area contributed by atoms with Crippen molar-refractivity contribution in [1.29, 1.82) is 21.0 Å². The van der Waals surface area contributed by atoms with Crippen LogP contribution in [0.5, 0.6) is 0 Å². The van der Waals surface area contributed by atoms with E-state index in [1.807, 2.05) is 41.0 Å². The summed E-state index contributed by atoms with van der Waals surface area (Å²) in [7, 11) is 0. The molecule has 0 N–H and O–H groups in total. The van der Waals surface area contributed by atoms with Crippen LogP contribution in [-0.2, 0) is 0 Å². The number of nitrogens with zero attached hydrogens (tertiary/aromatic N) is 6. The molecule has 0 aliphatic rings. The molecular formula is C40H18N6S. The Kier molecular flexibility index (Phi) is 5.53. The lowest BCUT2D eigenvalue weighted by Gasteiger charge is -2.13. The Balaban J connectivity index is 1.44. The zero-order chi connectivity index (χ0) is 31.8. The summed E-state index contributed by atoms with van der Waals surface area (Å²) in [4.78, 5) is 0. The Morgan fingerprint density at radius 1 is 0.447 bits per heavy atom. The number of fused-ring (bicyclic) bond motifs is 11. The second kappa shape index (κ2) is 9.80. The summed E-state index contributed by atoms with van der Waals surface area (Å²) >= 11 is 1.76. The van der Waals surface area contributed by atoms with Crippen LogP contribution in [-0.4, -0.2) is 9.13 Å². The second-order valence-corrected chi connectivity index (χ2v) is 12.4. The first-order chi connectivity index (χ1) is 23.2. The van der Waals surface area contributed by atoms with E-state index in [9.17, 15) is 21.0 Å². The van der Waals surface area contributed by atoms with Crippen molar-refractivity contribution in [1.82, 2.24) is 9.13 Å². The first-order valence-electron chi connectivity index (χ1n) is 14.9. The lowest BCUT2D eigenvalue weighted by Crippen LogP contribution is -2.04. The van der Waals surface area contributed by atoms with E-state index < -0.39 is 0 Å². The van der Waals surface area contributed by atoms with E-state index in [1.54, 1.807) is 17.4 Å². The highest BCUT2D eigenvalue weighted by Crippen LogP contribution is 2.47. The average Bonchev–Trinajstić information content (AvgIpc) is 3.78. The largest absolute Gasteiger partial charge is 0.309 e. The summed E-state index contributed by atoms with van der Waals surface area (Å²) < 4.78 is 6.59. The molecule has 3 heterocycles. The second-order valence-electron chi connectivity index (χ2n) is 11.3. The van der Waals surface area contributed by atoms with Gasteiger partial charge in [0, 0.05) is 47.4 Å². The van der Waals surface area contributed by atoms with Gasteiger partial charge in [0.2, 0.25) is 0 Å². The highest BCUT2D eigenvalue weighted by Gasteiger charge is 2.24. The van der Waals surface area contributed by atoms with Gasteiger partial charge in [-0.25, -0.2) is 0 Å². The number of aromatic nitrogens is 2. The number of hydrogen-bond acceptors (Lipinski definition) is 5. The van der Waals surface area contributed by atoms with E-state index >= 15 is 0 Å². The number of thiophene rings is 1. The van der Waals surface area contributed by atoms with Crippen molar-refractivity contribution < 1.29 is 0 Å². The summed E-state index contributed by atoms with van der Waals surface area (Å²) in [5, 5.41) is 46.7. The molecule has 0 atom stereocenters. The summed E-state index contributed by atoms with van der Waals surface area (Å²) in [6.45, 7) is 0. The van der Waals surface area contributed by atoms with Crippen LogP contribution in [0.1, 0.15) is 22.3 Å². The molecule has 0 spiro atoms.